The van der Waals surface area contributed by atoms with Gasteiger partial charge in [0.25, 0.3) is 5.56 Å². The summed E-state index contributed by atoms with van der Waals surface area (Å²) in [7, 11) is 0. The Balaban J connectivity index is 2.89. The predicted molar refractivity (Wildman–Crippen MR) is 72.5 cm³/mol. The van der Waals surface area contributed by atoms with Gasteiger partial charge in [0.2, 0.25) is 0 Å². The summed E-state index contributed by atoms with van der Waals surface area (Å²) in [6.45, 7) is 0. The van der Waals surface area contributed by atoms with E-state index in [2.05, 4.69) is 0 Å². The molecule has 2 nitrogen and oxygen atoms in total. The molecule has 0 aliphatic heterocycles. The highest BCUT2D eigenvalue weighted by Crippen LogP contribution is 2.43. The van der Waals surface area contributed by atoms with Crippen molar-refractivity contribution >= 4 is 34.8 Å². The third-order valence-corrected chi connectivity index (χ3v) is 3.68. The highest BCUT2D eigenvalue weighted by Gasteiger charge is 2.38. The van der Waals surface area contributed by atoms with Crippen LogP contribution in [0, 0.1) is 0 Å². The minimum Gasteiger partial charge on any atom is -0.329 e. The number of hydrogen-bond acceptors (Lipinski definition) is 1. The maximum Gasteiger partial charge on any atom is 0.422 e. The molecule has 0 fully saturated rings. The molecule has 0 aliphatic carbocycles. The Hall–Kier alpha value is -1.17. The number of benzene rings is 1. The van der Waals surface area contributed by atoms with Gasteiger partial charge >= 0.3 is 6.18 Å². The lowest BCUT2D eigenvalue weighted by molar-refractivity contribution is -0.138. The standard InChI is InChI=1S/C12H5Cl3F3NO/c13-6-1-2-7(14)10(15)8(6)5-3-4-19-11(20)9(5)12(16,17)18/h1-4H,(H,19,20). The fourth-order valence-electron chi connectivity index (χ4n) is 1.74. The summed E-state index contributed by atoms with van der Waals surface area (Å²) >= 11 is 17.6. The number of nitrogens with one attached hydrogen (secondary N) is 1. The van der Waals surface area contributed by atoms with Gasteiger partial charge in [0.1, 0.15) is 5.56 Å². The fraction of sp³-hybridized carbons (Fsp3) is 0.0833. The van der Waals surface area contributed by atoms with E-state index in [1.165, 1.54) is 12.1 Å². The second-order valence-corrected chi connectivity index (χ2v) is 5.00. The van der Waals surface area contributed by atoms with E-state index in [0.717, 1.165) is 12.3 Å². The second kappa shape index (κ2) is 5.31. The van der Waals surface area contributed by atoms with E-state index in [1.807, 2.05) is 4.98 Å². The molecule has 0 amide bonds. The minimum absolute atomic E-state index is 0.0319. The molecule has 0 radical (unpaired) electrons. The van der Waals surface area contributed by atoms with Crippen molar-refractivity contribution < 1.29 is 13.2 Å². The van der Waals surface area contributed by atoms with Gasteiger partial charge in [-0.1, -0.05) is 34.8 Å². The van der Waals surface area contributed by atoms with Gasteiger partial charge < -0.3 is 4.98 Å². The number of halogens is 6. The first kappa shape index (κ1) is 15.2. The minimum atomic E-state index is -4.85. The highest BCUT2D eigenvalue weighted by atomic mass is 35.5. The van der Waals surface area contributed by atoms with Crippen LogP contribution in [0.15, 0.2) is 29.2 Å². The molecule has 1 N–H and O–H groups in total. The predicted octanol–water partition coefficient (Wildman–Crippen LogP) is 5.02. The number of H-pyrrole nitrogens is 1. The lowest BCUT2D eigenvalue weighted by atomic mass is 10.0. The highest BCUT2D eigenvalue weighted by molar-refractivity contribution is 6.46. The monoisotopic (exact) mass is 341 g/mol. The summed E-state index contributed by atoms with van der Waals surface area (Å²) in [5.74, 6) is 0. The summed E-state index contributed by atoms with van der Waals surface area (Å²) in [4.78, 5) is 13.4. The SMILES string of the molecule is O=c1[nH]ccc(-c2c(Cl)ccc(Cl)c2Cl)c1C(F)(F)F. The summed E-state index contributed by atoms with van der Waals surface area (Å²) in [6, 6.07) is 3.75. The number of aromatic amines is 1. The van der Waals surface area contributed by atoms with E-state index in [1.54, 1.807) is 0 Å². The Morgan fingerprint density at radius 2 is 1.60 bits per heavy atom. The molecule has 1 aromatic carbocycles. The van der Waals surface area contributed by atoms with Crippen LogP contribution >= 0.6 is 34.8 Å². The molecule has 0 unspecified atom stereocenters. The Bertz CT molecular complexity index is 725. The molecule has 0 bridgehead atoms. The molecule has 8 heteroatoms. The number of pyridine rings is 1. The van der Waals surface area contributed by atoms with Crippen LogP contribution in [0.2, 0.25) is 15.1 Å². The molecule has 20 heavy (non-hydrogen) atoms. The van der Waals surface area contributed by atoms with Gasteiger partial charge in [-0.25, -0.2) is 0 Å². The molecule has 0 atom stereocenters. The quantitative estimate of drug-likeness (QED) is 0.725. The zero-order valence-corrected chi connectivity index (χ0v) is 11.8. The van der Waals surface area contributed by atoms with Crippen LogP contribution < -0.4 is 5.56 Å². The van der Waals surface area contributed by atoms with Gasteiger partial charge in [-0.05, 0) is 18.2 Å². The summed E-state index contributed by atoms with van der Waals surface area (Å²) in [5.41, 5.74) is -3.19. The van der Waals surface area contributed by atoms with Crippen molar-refractivity contribution in [2.24, 2.45) is 0 Å². The molecule has 1 heterocycles. The third kappa shape index (κ3) is 2.66. The van der Waals surface area contributed by atoms with Crippen molar-refractivity contribution in [1.29, 1.82) is 0 Å². The summed E-state index contributed by atoms with van der Waals surface area (Å²) in [6.07, 6.45) is -3.76. The number of hydrogen-bond donors (Lipinski definition) is 1. The van der Waals surface area contributed by atoms with Crippen molar-refractivity contribution in [1.82, 2.24) is 4.98 Å². The van der Waals surface area contributed by atoms with Crippen molar-refractivity contribution in [3.8, 4) is 11.1 Å². The van der Waals surface area contributed by atoms with Gasteiger partial charge in [-0.3, -0.25) is 4.79 Å². The molecular formula is C12H5Cl3F3NO. The first-order chi connectivity index (χ1) is 9.23. The Morgan fingerprint density at radius 3 is 2.20 bits per heavy atom. The molecular weight excluding hydrogens is 337 g/mol. The van der Waals surface area contributed by atoms with E-state index in [9.17, 15) is 18.0 Å². The lowest BCUT2D eigenvalue weighted by Crippen LogP contribution is -2.22. The van der Waals surface area contributed by atoms with Crippen LogP contribution in [0.25, 0.3) is 11.1 Å². The molecule has 0 spiro atoms. The Kier molecular flexibility index (Phi) is 4.04. The Morgan fingerprint density at radius 1 is 1.00 bits per heavy atom. The van der Waals surface area contributed by atoms with Crippen molar-refractivity contribution in [3.63, 3.8) is 0 Å². The molecule has 1 aromatic heterocycles. The molecule has 2 rings (SSSR count). The van der Waals surface area contributed by atoms with Gasteiger partial charge in [0.05, 0.1) is 15.1 Å². The van der Waals surface area contributed by atoms with Gasteiger partial charge in [-0.15, -0.1) is 0 Å². The average molecular weight is 343 g/mol. The van der Waals surface area contributed by atoms with E-state index < -0.39 is 22.9 Å². The van der Waals surface area contributed by atoms with Crippen LogP contribution in [-0.2, 0) is 6.18 Å². The van der Waals surface area contributed by atoms with Gasteiger partial charge in [-0.2, -0.15) is 13.2 Å². The summed E-state index contributed by atoms with van der Waals surface area (Å²) < 4.78 is 39.1. The Labute approximate surface area is 126 Å². The van der Waals surface area contributed by atoms with E-state index in [4.69, 9.17) is 34.8 Å². The average Bonchev–Trinajstić information content (AvgIpc) is 2.33. The normalized spacial score (nSPS) is 11.7. The maximum absolute atomic E-state index is 13.0. The third-order valence-electron chi connectivity index (χ3n) is 2.56. The fourth-order valence-corrected chi connectivity index (χ4v) is 2.47. The second-order valence-electron chi connectivity index (χ2n) is 3.81. The number of aromatic nitrogens is 1. The lowest BCUT2D eigenvalue weighted by Gasteiger charge is -2.14. The number of rotatable bonds is 1. The molecule has 106 valence electrons. The van der Waals surface area contributed by atoms with Crippen molar-refractivity contribution in [3.05, 3.63) is 55.4 Å². The topological polar surface area (TPSA) is 32.9 Å². The molecule has 0 saturated carbocycles. The van der Waals surface area contributed by atoms with Crippen LogP contribution in [0.5, 0.6) is 0 Å². The molecule has 0 saturated heterocycles. The number of alkyl halides is 3. The van der Waals surface area contributed by atoms with Gasteiger partial charge in [0.15, 0.2) is 0 Å². The van der Waals surface area contributed by atoms with E-state index in [0.29, 0.717) is 0 Å². The van der Waals surface area contributed by atoms with E-state index >= 15 is 0 Å². The van der Waals surface area contributed by atoms with Crippen LogP contribution in [-0.4, -0.2) is 4.98 Å². The molecule has 0 aliphatic rings. The zero-order chi connectivity index (χ0) is 15.1. The first-order valence-electron chi connectivity index (χ1n) is 5.16. The van der Waals surface area contributed by atoms with Crippen molar-refractivity contribution in [2.45, 2.75) is 6.18 Å². The smallest absolute Gasteiger partial charge is 0.329 e. The zero-order valence-electron chi connectivity index (χ0n) is 9.49. The van der Waals surface area contributed by atoms with Crippen LogP contribution in [0.3, 0.4) is 0 Å². The van der Waals surface area contributed by atoms with Gasteiger partial charge in [0, 0.05) is 17.3 Å². The molecule has 2 aromatic rings. The van der Waals surface area contributed by atoms with E-state index in [-0.39, 0.29) is 20.6 Å². The van der Waals surface area contributed by atoms with Crippen LogP contribution in [0.4, 0.5) is 13.2 Å². The van der Waals surface area contributed by atoms with Crippen LogP contribution in [0.1, 0.15) is 5.56 Å². The van der Waals surface area contributed by atoms with Crippen molar-refractivity contribution in [2.75, 3.05) is 0 Å². The summed E-state index contributed by atoms with van der Waals surface area (Å²) in [5, 5.41) is -0.134. The maximum atomic E-state index is 13.0. The first-order valence-corrected chi connectivity index (χ1v) is 6.29. The largest absolute Gasteiger partial charge is 0.422 e.